The van der Waals surface area contributed by atoms with Gasteiger partial charge < -0.3 is 9.80 Å². The monoisotopic (exact) mass is 374 g/mol. The Bertz CT molecular complexity index is 838. The van der Waals surface area contributed by atoms with Crippen LogP contribution in [0.1, 0.15) is 34.2 Å². The molecular weight excluding hydrogens is 352 g/mol. The van der Waals surface area contributed by atoms with Crippen LogP contribution in [-0.4, -0.2) is 57.6 Å². The van der Waals surface area contributed by atoms with Crippen LogP contribution in [0.15, 0.2) is 24.3 Å². The van der Waals surface area contributed by atoms with Gasteiger partial charge in [-0.1, -0.05) is 29.8 Å². The Morgan fingerprint density at radius 3 is 2.31 bits per heavy atom. The largest absolute Gasteiger partial charge is 0.339 e. The van der Waals surface area contributed by atoms with Crippen LogP contribution < -0.4 is 0 Å². The molecule has 138 valence electrons. The smallest absolute Gasteiger partial charge is 0.257 e. The number of aromatic nitrogens is 2. The highest BCUT2D eigenvalue weighted by atomic mass is 35.5. The van der Waals surface area contributed by atoms with Gasteiger partial charge in [-0.15, -0.1) is 0 Å². The van der Waals surface area contributed by atoms with E-state index in [1.165, 1.54) is 0 Å². The van der Waals surface area contributed by atoms with Crippen molar-refractivity contribution in [3.05, 3.63) is 51.8 Å². The normalized spacial score (nSPS) is 14.6. The molecule has 3 rings (SSSR count). The van der Waals surface area contributed by atoms with Crippen molar-refractivity contribution >= 4 is 23.4 Å². The minimum absolute atomic E-state index is 0.0198. The number of halogens is 1. The van der Waals surface area contributed by atoms with E-state index >= 15 is 0 Å². The Labute approximate surface area is 158 Å². The third-order valence-electron chi connectivity index (χ3n) is 4.89. The molecule has 2 amide bonds. The Balaban J connectivity index is 1.79. The quantitative estimate of drug-likeness (QED) is 0.829. The zero-order valence-electron chi connectivity index (χ0n) is 15.3. The topological polar surface area (TPSA) is 58.4 Å². The van der Waals surface area contributed by atoms with Crippen LogP contribution in [0.3, 0.4) is 0 Å². The maximum absolute atomic E-state index is 13.0. The summed E-state index contributed by atoms with van der Waals surface area (Å²) < 4.78 is 1.83. The summed E-state index contributed by atoms with van der Waals surface area (Å²) in [6, 6.07) is 7.64. The zero-order valence-corrected chi connectivity index (χ0v) is 16.1. The number of carbonyl (C=O) groups excluding carboxylic acids is 2. The number of rotatable bonds is 3. The maximum atomic E-state index is 13.0. The van der Waals surface area contributed by atoms with Gasteiger partial charge >= 0.3 is 0 Å². The van der Waals surface area contributed by atoms with E-state index in [9.17, 15) is 9.59 Å². The van der Waals surface area contributed by atoms with Crippen molar-refractivity contribution in [1.29, 1.82) is 0 Å². The fraction of sp³-hybridized carbons (Fsp3) is 0.421. The molecule has 1 aromatic carbocycles. The molecule has 0 bridgehead atoms. The van der Waals surface area contributed by atoms with E-state index < -0.39 is 0 Å². The first kappa shape index (κ1) is 18.5. The molecule has 6 nitrogen and oxygen atoms in total. The summed E-state index contributed by atoms with van der Waals surface area (Å²) >= 11 is 6.25. The molecule has 2 heterocycles. The predicted octanol–water partition coefficient (Wildman–Crippen LogP) is 2.51. The molecule has 0 radical (unpaired) electrons. The van der Waals surface area contributed by atoms with E-state index in [2.05, 4.69) is 5.10 Å². The first-order valence-corrected chi connectivity index (χ1v) is 9.08. The van der Waals surface area contributed by atoms with Crippen LogP contribution in [0.5, 0.6) is 0 Å². The fourth-order valence-corrected chi connectivity index (χ4v) is 3.53. The van der Waals surface area contributed by atoms with Gasteiger partial charge in [0.25, 0.3) is 5.91 Å². The molecule has 0 atom stereocenters. The molecule has 0 N–H and O–H groups in total. The van der Waals surface area contributed by atoms with Crippen molar-refractivity contribution in [2.75, 3.05) is 26.2 Å². The van der Waals surface area contributed by atoms with Crippen molar-refractivity contribution in [2.24, 2.45) is 0 Å². The Morgan fingerprint density at radius 2 is 1.69 bits per heavy atom. The second kappa shape index (κ2) is 7.50. The molecule has 1 fully saturated rings. The minimum atomic E-state index is -0.0198. The van der Waals surface area contributed by atoms with Crippen LogP contribution in [0.25, 0.3) is 0 Å². The number of piperazine rings is 1. The number of aryl methyl sites for hydroxylation is 1. The number of benzene rings is 1. The summed E-state index contributed by atoms with van der Waals surface area (Å²) in [5, 5.41) is 5.24. The van der Waals surface area contributed by atoms with E-state index in [1.54, 1.807) is 16.7 Å². The summed E-state index contributed by atoms with van der Waals surface area (Å²) in [6.45, 7) is 8.10. The average molecular weight is 375 g/mol. The molecule has 1 aromatic heterocycles. The van der Waals surface area contributed by atoms with Gasteiger partial charge in [-0.2, -0.15) is 5.10 Å². The van der Waals surface area contributed by atoms with Crippen LogP contribution in [0.4, 0.5) is 0 Å². The Hall–Kier alpha value is -2.34. The van der Waals surface area contributed by atoms with Gasteiger partial charge in [-0.05, 0) is 25.5 Å². The zero-order chi connectivity index (χ0) is 18.8. The van der Waals surface area contributed by atoms with Crippen LogP contribution >= 0.6 is 11.6 Å². The van der Waals surface area contributed by atoms with Gasteiger partial charge in [-0.3, -0.25) is 14.3 Å². The molecule has 7 heteroatoms. The van der Waals surface area contributed by atoms with Crippen molar-refractivity contribution in [3.63, 3.8) is 0 Å². The maximum Gasteiger partial charge on any atom is 0.257 e. The van der Waals surface area contributed by atoms with E-state index in [0.717, 1.165) is 11.3 Å². The number of hydrogen-bond acceptors (Lipinski definition) is 3. The van der Waals surface area contributed by atoms with E-state index in [0.29, 0.717) is 49.0 Å². The van der Waals surface area contributed by atoms with Crippen molar-refractivity contribution < 1.29 is 9.59 Å². The van der Waals surface area contributed by atoms with E-state index in [4.69, 9.17) is 11.6 Å². The van der Waals surface area contributed by atoms with Gasteiger partial charge in [0.05, 0.1) is 17.8 Å². The molecule has 1 aliphatic rings. The first-order chi connectivity index (χ1) is 12.4. The van der Waals surface area contributed by atoms with Crippen molar-refractivity contribution in [3.8, 4) is 0 Å². The van der Waals surface area contributed by atoms with E-state index in [1.807, 2.05) is 42.8 Å². The van der Waals surface area contributed by atoms with Gasteiger partial charge in [0.15, 0.2) is 0 Å². The molecule has 0 aliphatic carbocycles. The second-order valence-corrected chi connectivity index (χ2v) is 7.00. The standard InChI is InChI=1S/C19H23ClN4O2/c1-13-18(19(26)23-10-8-22(9-11-23)15(3)25)14(2)24(21-13)12-16-6-4-5-7-17(16)20/h4-7H,8-12H2,1-3H3. The Kier molecular flexibility index (Phi) is 5.32. The lowest BCUT2D eigenvalue weighted by atomic mass is 10.1. The highest BCUT2D eigenvalue weighted by Gasteiger charge is 2.27. The molecule has 26 heavy (non-hydrogen) atoms. The average Bonchev–Trinajstić information content (AvgIpc) is 2.90. The molecule has 0 spiro atoms. The predicted molar refractivity (Wildman–Crippen MR) is 100 cm³/mol. The summed E-state index contributed by atoms with van der Waals surface area (Å²) in [5.74, 6) is 0.0330. The number of amides is 2. The SMILES string of the molecule is CC(=O)N1CCN(C(=O)c2c(C)nn(Cc3ccccc3Cl)c2C)CC1. The summed E-state index contributed by atoms with van der Waals surface area (Å²) in [5.41, 5.74) is 3.16. The van der Waals surface area contributed by atoms with Gasteiger partial charge in [-0.25, -0.2) is 0 Å². The summed E-state index contributed by atoms with van der Waals surface area (Å²) in [7, 11) is 0. The molecule has 2 aromatic rings. The molecule has 1 aliphatic heterocycles. The lowest BCUT2D eigenvalue weighted by molar-refractivity contribution is -0.130. The summed E-state index contributed by atoms with van der Waals surface area (Å²) in [4.78, 5) is 28.0. The third-order valence-corrected chi connectivity index (χ3v) is 5.25. The highest BCUT2D eigenvalue weighted by Crippen LogP contribution is 2.21. The molecular formula is C19H23ClN4O2. The first-order valence-electron chi connectivity index (χ1n) is 8.70. The third kappa shape index (κ3) is 3.60. The van der Waals surface area contributed by atoms with Crippen LogP contribution in [0.2, 0.25) is 5.02 Å². The van der Waals surface area contributed by atoms with Crippen molar-refractivity contribution in [2.45, 2.75) is 27.3 Å². The van der Waals surface area contributed by atoms with Gasteiger partial charge in [0, 0.05) is 43.8 Å². The second-order valence-electron chi connectivity index (χ2n) is 6.59. The highest BCUT2D eigenvalue weighted by molar-refractivity contribution is 6.31. The lowest BCUT2D eigenvalue weighted by Crippen LogP contribution is -2.50. The van der Waals surface area contributed by atoms with Gasteiger partial charge in [0.1, 0.15) is 0 Å². The van der Waals surface area contributed by atoms with Crippen LogP contribution in [-0.2, 0) is 11.3 Å². The minimum Gasteiger partial charge on any atom is -0.339 e. The van der Waals surface area contributed by atoms with E-state index in [-0.39, 0.29) is 11.8 Å². The van der Waals surface area contributed by atoms with Crippen molar-refractivity contribution in [1.82, 2.24) is 19.6 Å². The number of hydrogen-bond donors (Lipinski definition) is 0. The fourth-order valence-electron chi connectivity index (χ4n) is 3.33. The van der Waals surface area contributed by atoms with Crippen LogP contribution in [0, 0.1) is 13.8 Å². The molecule has 0 unspecified atom stereocenters. The Morgan fingerprint density at radius 1 is 1.08 bits per heavy atom. The number of nitrogens with zero attached hydrogens (tertiary/aromatic N) is 4. The number of carbonyl (C=O) groups is 2. The van der Waals surface area contributed by atoms with Gasteiger partial charge in [0.2, 0.25) is 5.91 Å². The molecule has 0 saturated carbocycles. The summed E-state index contributed by atoms with van der Waals surface area (Å²) in [6.07, 6.45) is 0. The molecule has 1 saturated heterocycles. The lowest BCUT2D eigenvalue weighted by Gasteiger charge is -2.34.